The van der Waals surface area contributed by atoms with E-state index in [1.807, 2.05) is 0 Å². The number of amides is 1. The molecule has 1 saturated heterocycles. The maximum absolute atomic E-state index is 12.3. The average Bonchev–Trinajstić information content (AvgIpc) is 2.96. The van der Waals surface area contributed by atoms with Crippen molar-refractivity contribution in [2.75, 3.05) is 13.1 Å². The van der Waals surface area contributed by atoms with E-state index >= 15 is 0 Å². The molecule has 0 aliphatic carbocycles. The number of ketones is 1. The van der Waals surface area contributed by atoms with Crippen molar-refractivity contribution in [2.24, 2.45) is 0 Å². The van der Waals surface area contributed by atoms with Gasteiger partial charge in [0.15, 0.2) is 11.9 Å². The van der Waals surface area contributed by atoms with Crippen molar-refractivity contribution in [3.05, 3.63) is 29.8 Å². The summed E-state index contributed by atoms with van der Waals surface area (Å²) in [5, 5.41) is 3.05. The molecule has 0 radical (unpaired) electrons. The van der Waals surface area contributed by atoms with Gasteiger partial charge in [0, 0.05) is 30.7 Å². The fraction of sp³-hybridized carbons (Fsp3) is 0.556. The number of hydrogen-bond donors (Lipinski definition) is 1. The van der Waals surface area contributed by atoms with Gasteiger partial charge in [0.2, 0.25) is 0 Å². The summed E-state index contributed by atoms with van der Waals surface area (Å²) in [5.41, 5.74) is 0.582. The molecule has 2 rings (SSSR count). The largest absolute Gasteiger partial charge is 0.481 e. The van der Waals surface area contributed by atoms with Gasteiger partial charge in [-0.3, -0.25) is 14.5 Å². The van der Waals surface area contributed by atoms with E-state index in [0.717, 1.165) is 19.5 Å². The number of nitrogens with one attached hydrogen (secondary N) is 1. The Hall–Kier alpha value is -1.88. The lowest BCUT2D eigenvalue weighted by Crippen LogP contribution is -2.44. The van der Waals surface area contributed by atoms with Gasteiger partial charge < -0.3 is 10.1 Å². The second-order valence-corrected chi connectivity index (χ2v) is 6.43. The van der Waals surface area contributed by atoms with Gasteiger partial charge in [0.1, 0.15) is 5.75 Å². The van der Waals surface area contributed by atoms with Gasteiger partial charge >= 0.3 is 0 Å². The number of nitrogens with zero attached hydrogens (tertiary/aromatic N) is 1. The first-order valence-electron chi connectivity index (χ1n) is 8.19. The van der Waals surface area contributed by atoms with E-state index < -0.39 is 6.10 Å². The highest BCUT2D eigenvalue weighted by molar-refractivity contribution is 5.94. The Morgan fingerprint density at radius 2 is 2.04 bits per heavy atom. The number of Topliss-reactive ketones (excluding diaryl/α,β-unsaturated/α-hetero) is 1. The van der Waals surface area contributed by atoms with Gasteiger partial charge in [0.25, 0.3) is 5.91 Å². The molecular formula is C18H26N2O3. The SMILES string of the molecule is CC(=O)c1cccc(OC(C)C(=O)NC2CCN(C(C)C)C2)c1. The Kier molecular flexibility index (Phi) is 5.77. The molecule has 0 bridgehead atoms. The quantitative estimate of drug-likeness (QED) is 0.817. The van der Waals surface area contributed by atoms with Crippen LogP contribution in [0.15, 0.2) is 24.3 Å². The zero-order valence-corrected chi connectivity index (χ0v) is 14.3. The number of likely N-dealkylation sites (tertiary alicyclic amines) is 1. The predicted octanol–water partition coefficient (Wildman–Crippen LogP) is 2.26. The van der Waals surface area contributed by atoms with Crippen molar-refractivity contribution in [3.8, 4) is 5.75 Å². The van der Waals surface area contributed by atoms with Crippen molar-refractivity contribution < 1.29 is 14.3 Å². The Balaban J connectivity index is 1.88. The number of ether oxygens (including phenoxy) is 1. The molecule has 1 aromatic rings. The Labute approximate surface area is 138 Å². The summed E-state index contributed by atoms with van der Waals surface area (Å²) >= 11 is 0. The molecule has 0 saturated carbocycles. The molecule has 5 nitrogen and oxygen atoms in total. The van der Waals surface area contributed by atoms with Gasteiger partial charge in [-0.15, -0.1) is 0 Å². The molecule has 2 unspecified atom stereocenters. The van der Waals surface area contributed by atoms with Crippen molar-refractivity contribution in [1.82, 2.24) is 10.2 Å². The summed E-state index contributed by atoms with van der Waals surface area (Å²) in [6.07, 6.45) is 0.376. The van der Waals surface area contributed by atoms with Crippen LogP contribution in [0.2, 0.25) is 0 Å². The highest BCUT2D eigenvalue weighted by Crippen LogP contribution is 2.16. The monoisotopic (exact) mass is 318 g/mol. The van der Waals surface area contributed by atoms with Crippen LogP contribution in [0.4, 0.5) is 0 Å². The standard InChI is InChI=1S/C18H26N2O3/c1-12(2)20-9-8-16(11-20)19-18(22)14(4)23-17-7-5-6-15(10-17)13(3)21/h5-7,10,12,14,16H,8-9,11H2,1-4H3,(H,19,22). The summed E-state index contributed by atoms with van der Waals surface area (Å²) in [6, 6.07) is 7.60. The van der Waals surface area contributed by atoms with Crippen LogP contribution in [-0.2, 0) is 4.79 Å². The molecule has 1 N–H and O–H groups in total. The molecule has 1 aromatic carbocycles. The van der Waals surface area contributed by atoms with Crippen LogP contribution < -0.4 is 10.1 Å². The molecule has 1 fully saturated rings. The number of carbonyl (C=O) groups excluding carboxylic acids is 2. The van der Waals surface area contributed by atoms with Gasteiger partial charge in [0.05, 0.1) is 0 Å². The van der Waals surface area contributed by atoms with E-state index in [4.69, 9.17) is 4.74 Å². The molecule has 126 valence electrons. The third kappa shape index (κ3) is 4.79. The minimum absolute atomic E-state index is 0.0210. The average molecular weight is 318 g/mol. The Bertz CT molecular complexity index is 571. The Morgan fingerprint density at radius 3 is 2.65 bits per heavy atom. The van der Waals surface area contributed by atoms with Gasteiger partial charge in [-0.05, 0) is 46.2 Å². The molecule has 0 spiro atoms. The van der Waals surface area contributed by atoms with E-state index in [0.29, 0.717) is 17.4 Å². The van der Waals surface area contributed by atoms with Crippen LogP contribution in [-0.4, -0.2) is 47.9 Å². The van der Waals surface area contributed by atoms with Gasteiger partial charge in [-0.25, -0.2) is 0 Å². The first-order chi connectivity index (χ1) is 10.9. The summed E-state index contributed by atoms with van der Waals surface area (Å²) in [5.74, 6) is 0.400. The highest BCUT2D eigenvalue weighted by Gasteiger charge is 2.27. The van der Waals surface area contributed by atoms with Gasteiger partial charge in [-0.1, -0.05) is 12.1 Å². The topological polar surface area (TPSA) is 58.6 Å². The third-order valence-electron chi connectivity index (χ3n) is 4.22. The molecule has 1 aliphatic rings. The molecule has 5 heteroatoms. The maximum atomic E-state index is 12.3. The first kappa shape index (κ1) is 17.5. The summed E-state index contributed by atoms with van der Waals surface area (Å²) in [7, 11) is 0. The molecule has 0 aromatic heterocycles. The van der Waals surface area contributed by atoms with Gasteiger partial charge in [-0.2, -0.15) is 0 Å². The molecular weight excluding hydrogens is 292 g/mol. The fourth-order valence-corrected chi connectivity index (χ4v) is 2.74. The number of carbonyl (C=O) groups is 2. The number of hydrogen-bond acceptors (Lipinski definition) is 4. The first-order valence-corrected chi connectivity index (χ1v) is 8.19. The normalized spacial score (nSPS) is 19.6. The van der Waals surface area contributed by atoms with Crippen LogP contribution in [0.5, 0.6) is 5.75 Å². The zero-order valence-electron chi connectivity index (χ0n) is 14.3. The second kappa shape index (κ2) is 7.59. The van der Waals surface area contributed by atoms with Crippen molar-refractivity contribution in [1.29, 1.82) is 0 Å². The van der Waals surface area contributed by atoms with Crippen LogP contribution in [0, 0.1) is 0 Å². The summed E-state index contributed by atoms with van der Waals surface area (Å²) in [6.45, 7) is 9.46. The van der Waals surface area contributed by atoms with E-state index in [1.54, 1.807) is 31.2 Å². The van der Waals surface area contributed by atoms with E-state index in [9.17, 15) is 9.59 Å². The minimum atomic E-state index is -0.592. The van der Waals surface area contributed by atoms with Crippen molar-refractivity contribution in [2.45, 2.75) is 52.3 Å². The zero-order chi connectivity index (χ0) is 17.0. The van der Waals surface area contributed by atoms with Crippen LogP contribution in [0.1, 0.15) is 44.5 Å². The minimum Gasteiger partial charge on any atom is -0.481 e. The smallest absolute Gasteiger partial charge is 0.261 e. The lowest BCUT2D eigenvalue weighted by atomic mass is 10.1. The fourth-order valence-electron chi connectivity index (χ4n) is 2.74. The molecule has 2 atom stereocenters. The number of benzene rings is 1. The van der Waals surface area contributed by atoms with Crippen molar-refractivity contribution in [3.63, 3.8) is 0 Å². The molecule has 23 heavy (non-hydrogen) atoms. The highest BCUT2D eigenvalue weighted by atomic mass is 16.5. The molecule has 1 amide bonds. The third-order valence-corrected chi connectivity index (χ3v) is 4.22. The van der Waals surface area contributed by atoms with E-state index in [1.165, 1.54) is 6.92 Å². The molecule has 1 aliphatic heterocycles. The van der Waals surface area contributed by atoms with Crippen LogP contribution >= 0.6 is 0 Å². The number of rotatable bonds is 6. The maximum Gasteiger partial charge on any atom is 0.261 e. The van der Waals surface area contributed by atoms with E-state index in [2.05, 4.69) is 24.1 Å². The lowest BCUT2D eigenvalue weighted by molar-refractivity contribution is -0.127. The van der Waals surface area contributed by atoms with E-state index in [-0.39, 0.29) is 17.7 Å². The predicted molar refractivity (Wildman–Crippen MR) is 89.8 cm³/mol. The van der Waals surface area contributed by atoms with Crippen LogP contribution in [0.25, 0.3) is 0 Å². The van der Waals surface area contributed by atoms with Crippen LogP contribution in [0.3, 0.4) is 0 Å². The lowest BCUT2D eigenvalue weighted by Gasteiger charge is -2.21. The van der Waals surface area contributed by atoms with Crippen molar-refractivity contribution >= 4 is 11.7 Å². The summed E-state index contributed by atoms with van der Waals surface area (Å²) in [4.78, 5) is 26.0. The second-order valence-electron chi connectivity index (χ2n) is 6.43. The summed E-state index contributed by atoms with van der Waals surface area (Å²) < 4.78 is 5.67. The Morgan fingerprint density at radius 1 is 1.30 bits per heavy atom. The molecule has 1 heterocycles.